The number of hydrogen-bond donors (Lipinski definition) is 2. The SMILES string of the molecule is Cn1ccnc1-c1ncc(CN)c(=O)[nH]1. The van der Waals surface area contributed by atoms with Gasteiger partial charge in [0.25, 0.3) is 5.56 Å². The fourth-order valence-corrected chi connectivity index (χ4v) is 1.27. The van der Waals surface area contributed by atoms with Gasteiger partial charge in [-0.05, 0) is 0 Å². The highest BCUT2D eigenvalue weighted by Crippen LogP contribution is 2.08. The molecular weight excluding hydrogens is 194 g/mol. The van der Waals surface area contributed by atoms with Crippen LogP contribution in [0.15, 0.2) is 23.4 Å². The lowest BCUT2D eigenvalue weighted by atomic mass is 10.3. The summed E-state index contributed by atoms with van der Waals surface area (Å²) in [4.78, 5) is 22.3. The first-order chi connectivity index (χ1) is 7.22. The molecule has 2 heterocycles. The molecule has 0 atom stereocenters. The van der Waals surface area contributed by atoms with E-state index in [4.69, 9.17) is 5.73 Å². The van der Waals surface area contributed by atoms with Crippen LogP contribution >= 0.6 is 0 Å². The molecule has 0 unspecified atom stereocenters. The van der Waals surface area contributed by atoms with Gasteiger partial charge < -0.3 is 15.3 Å². The minimum atomic E-state index is -0.217. The van der Waals surface area contributed by atoms with Crippen molar-refractivity contribution in [2.45, 2.75) is 6.54 Å². The normalized spacial score (nSPS) is 10.5. The van der Waals surface area contributed by atoms with Crippen molar-refractivity contribution in [3.8, 4) is 11.6 Å². The van der Waals surface area contributed by atoms with Crippen molar-refractivity contribution in [3.63, 3.8) is 0 Å². The molecule has 0 fully saturated rings. The molecule has 2 aromatic heterocycles. The number of nitrogens with two attached hydrogens (primary N) is 1. The Balaban J connectivity index is 2.52. The third-order valence-corrected chi connectivity index (χ3v) is 2.13. The van der Waals surface area contributed by atoms with E-state index in [1.54, 1.807) is 17.0 Å². The first-order valence-electron chi connectivity index (χ1n) is 4.48. The van der Waals surface area contributed by atoms with Gasteiger partial charge in [-0.15, -0.1) is 0 Å². The van der Waals surface area contributed by atoms with E-state index in [2.05, 4.69) is 15.0 Å². The highest BCUT2D eigenvalue weighted by atomic mass is 16.1. The molecule has 3 N–H and O–H groups in total. The number of imidazole rings is 1. The van der Waals surface area contributed by atoms with E-state index in [1.807, 2.05) is 7.05 Å². The maximum atomic E-state index is 11.5. The topological polar surface area (TPSA) is 89.6 Å². The van der Waals surface area contributed by atoms with Gasteiger partial charge in [0.2, 0.25) is 0 Å². The van der Waals surface area contributed by atoms with Crippen LogP contribution in [-0.4, -0.2) is 19.5 Å². The molecule has 78 valence electrons. The average Bonchev–Trinajstić information content (AvgIpc) is 2.64. The van der Waals surface area contributed by atoms with E-state index in [-0.39, 0.29) is 12.1 Å². The fourth-order valence-electron chi connectivity index (χ4n) is 1.27. The van der Waals surface area contributed by atoms with Gasteiger partial charge in [0.15, 0.2) is 11.6 Å². The Morgan fingerprint density at radius 2 is 2.33 bits per heavy atom. The summed E-state index contributed by atoms with van der Waals surface area (Å²) in [5, 5.41) is 0. The van der Waals surface area contributed by atoms with Crippen LogP contribution in [0.2, 0.25) is 0 Å². The van der Waals surface area contributed by atoms with E-state index in [0.29, 0.717) is 17.2 Å². The summed E-state index contributed by atoms with van der Waals surface area (Å²) in [7, 11) is 1.83. The predicted octanol–water partition coefficient (Wildman–Crippen LogP) is -0.371. The van der Waals surface area contributed by atoms with Crippen molar-refractivity contribution in [2.75, 3.05) is 0 Å². The largest absolute Gasteiger partial charge is 0.331 e. The smallest absolute Gasteiger partial charge is 0.255 e. The molecule has 15 heavy (non-hydrogen) atoms. The first-order valence-corrected chi connectivity index (χ1v) is 4.48. The van der Waals surface area contributed by atoms with Crippen molar-refractivity contribution in [1.29, 1.82) is 0 Å². The second-order valence-corrected chi connectivity index (χ2v) is 3.15. The average molecular weight is 205 g/mol. The number of aromatic nitrogens is 4. The van der Waals surface area contributed by atoms with E-state index in [1.165, 1.54) is 6.20 Å². The lowest BCUT2D eigenvalue weighted by Gasteiger charge is -2.01. The van der Waals surface area contributed by atoms with Crippen LogP contribution in [0, 0.1) is 0 Å². The number of rotatable bonds is 2. The summed E-state index contributed by atoms with van der Waals surface area (Å²) < 4.78 is 1.78. The number of nitrogens with zero attached hydrogens (tertiary/aromatic N) is 3. The van der Waals surface area contributed by atoms with Gasteiger partial charge in [0, 0.05) is 37.7 Å². The molecular formula is C9H11N5O. The van der Waals surface area contributed by atoms with Gasteiger partial charge >= 0.3 is 0 Å². The highest BCUT2D eigenvalue weighted by Gasteiger charge is 2.07. The Kier molecular flexibility index (Phi) is 2.34. The number of aromatic amines is 1. The molecule has 0 amide bonds. The van der Waals surface area contributed by atoms with Crippen LogP contribution in [-0.2, 0) is 13.6 Å². The summed E-state index contributed by atoms with van der Waals surface area (Å²) in [6.45, 7) is 0.184. The fraction of sp³-hybridized carbons (Fsp3) is 0.222. The first kappa shape index (κ1) is 9.60. The molecule has 0 spiro atoms. The van der Waals surface area contributed by atoms with Crippen LogP contribution in [0.5, 0.6) is 0 Å². The molecule has 0 bridgehead atoms. The summed E-state index contributed by atoms with van der Waals surface area (Å²) in [6, 6.07) is 0. The lowest BCUT2D eigenvalue weighted by Crippen LogP contribution is -2.18. The molecule has 0 aliphatic carbocycles. The van der Waals surface area contributed by atoms with Gasteiger partial charge in [-0.2, -0.15) is 0 Å². The van der Waals surface area contributed by atoms with Crippen LogP contribution in [0.25, 0.3) is 11.6 Å². The molecule has 2 aromatic rings. The van der Waals surface area contributed by atoms with Crippen LogP contribution < -0.4 is 11.3 Å². The van der Waals surface area contributed by atoms with E-state index < -0.39 is 0 Å². The Hall–Kier alpha value is -1.95. The molecule has 0 aliphatic heterocycles. The molecule has 0 saturated heterocycles. The molecule has 6 heteroatoms. The van der Waals surface area contributed by atoms with Crippen molar-refractivity contribution >= 4 is 0 Å². The second kappa shape index (κ2) is 3.66. The zero-order chi connectivity index (χ0) is 10.8. The molecule has 6 nitrogen and oxygen atoms in total. The van der Waals surface area contributed by atoms with Gasteiger partial charge in [-0.1, -0.05) is 0 Å². The number of H-pyrrole nitrogens is 1. The summed E-state index contributed by atoms with van der Waals surface area (Å²) in [5.41, 5.74) is 5.62. The predicted molar refractivity (Wildman–Crippen MR) is 55.0 cm³/mol. The molecule has 0 radical (unpaired) electrons. The Labute approximate surface area is 85.8 Å². The molecule has 2 rings (SSSR count). The lowest BCUT2D eigenvalue weighted by molar-refractivity contribution is 0.893. The molecule has 0 aliphatic rings. The quantitative estimate of drug-likeness (QED) is 0.700. The summed E-state index contributed by atoms with van der Waals surface area (Å²) >= 11 is 0. The third kappa shape index (κ3) is 1.66. The van der Waals surface area contributed by atoms with Crippen LogP contribution in [0.1, 0.15) is 5.56 Å². The van der Waals surface area contributed by atoms with Gasteiger partial charge in [-0.25, -0.2) is 9.97 Å². The zero-order valence-corrected chi connectivity index (χ0v) is 8.27. The maximum Gasteiger partial charge on any atom is 0.255 e. The summed E-state index contributed by atoms with van der Waals surface area (Å²) in [6.07, 6.45) is 4.90. The number of nitrogens with one attached hydrogen (secondary N) is 1. The maximum absolute atomic E-state index is 11.5. The minimum Gasteiger partial charge on any atom is -0.331 e. The third-order valence-electron chi connectivity index (χ3n) is 2.13. The van der Waals surface area contributed by atoms with Gasteiger partial charge in [0.05, 0.1) is 0 Å². The highest BCUT2D eigenvalue weighted by molar-refractivity contribution is 5.43. The van der Waals surface area contributed by atoms with Crippen molar-refractivity contribution in [1.82, 2.24) is 19.5 Å². The van der Waals surface area contributed by atoms with E-state index in [0.717, 1.165) is 0 Å². The van der Waals surface area contributed by atoms with Crippen molar-refractivity contribution in [3.05, 3.63) is 34.5 Å². The monoisotopic (exact) mass is 205 g/mol. The van der Waals surface area contributed by atoms with Crippen LogP contribution in [0.4, 0.5) is 0 Å². The standard InChI is InChI=1S/C9H11N5O/c1-14-3-2-11-8(14)7-12-5-6(4-10)9(15)13-7/h2-3,5H,4,10H2,1H3,(H,12,13,15). The Morgan fingerprint density at radius 3 is 2.87 bits per heavy atom. The van der Waals surface area contributed by atoms with Crippen molar-refractivity contribution < 1.29 is 0 Å². The van der Waals surface area contributed by atoms with Crippen molar-refractivity contribution in [2.24, 2.45) is 12.8 Å². The minimum absolute atomic E-state index is 0.184. The Morgan fingerprint density at radius 1 is 1.53 bits per heavy atom. The molecule has 0 aromatic carbocycles. The van der Waals surface area contributed by atoms with Gasteiger partial charge in [-0.3, -0.25) is 4.79 Å². The Bertz CT molecular complexity index is 527. The number of aryl methyl sites for hydroxylation is 1. The second-order valence-electron chi connectivity index (χ2n) is 3.15. The van der Waals surface area contributed by atoms with Gasteiger partial charge in [0.1, 0.15) is 0 Å². The number of hydrogen-bond acceptors (Lipinski definition) is 4. The van der Waals surface area contributed by atoms with E-state index in [9.17, 15) is 4.79 Å². The van der Waals surface area contributed by atoms with Crippen LogP contribution in [0.3, 0.4) is 0 Å². The summed E-state index contributed by atoms with van der Waals surface area (Å²) in [5.74, 6) is 1.07. The molecule has 0 saturated carbocycles. The van der Waals surface area contributed by atoms with E-state index >= 15 is 0 Å². The zero-order valence-electron chi connectivity index (χ0n) is 8.27.